The number of methoxy groups -OCH3 is 2. The van der Waals surface area contributed by atoms with Gasteiger partial charge in [0.15, 0.2) is 11.5 Å². The maximum atomic E-state index is 11.8. The minimum atomic E-state index is -3.87. The van der Waals surface area contributed by atoms with Crippen LogP contribution in [0.2, 0.25) is 0 Å². The van der Waals surface area contributed by atoms with Gasteiger partial charge in [-0.3, -0.25) is 0 Å². The van der Waals surface area contributed by atoms with Crippen molar-refractivity contribution >= 4 is 16.4 Å². The van der Waals surface area contributed by atoms with Gasteiger partial charge in [0.1, 0.15) is 6.29 Å². The average molecular weight is 288 g/mol. The summed E-state index contributed by atoms with van der Waals surface area (Å²) in [5.41, 5.74) is 0. The Labute approximate surface area is 112 Å². The van der Waals surface area contributed by atoms with Gasteiger partial charge in [0.05, 0.1) is 20.0 Å². The molecule has 1 atom stereocenters. The van der Waals surface area contributed by atoms with Gasteiger partial charge in [0, 0.05) is 5.92 Å². The lowest BCUT2D eigenvalue weighted by atomic mass is 10.3. The highest BCUT2D eigenvalue weighted by molar-refractivity contribution is 7.87. The monoisotopic (exact) mass is 288 g/mol. The van der Waals surface area contributed by atoms with Crippen LogP contribution in [-0.4, -0.2) is 34.7 Å². The fourth-order valence-corrected chi connectivity index (χ4v) is 2.65. The minimum absolute atomic E-state index is 0.0277. The lowest BCUT2D eigenvalue weighted by Crippen LogP contribution is -2.20. The second kappa shape index (κ2) is 6.42. The Morgan fingerprint density at radius 1 is 1.21 bits per heavy atom. The number of para-hydroxylation sites is 1. The van der Waals surface area contributed by atoms with Gasteiger partial charge < -0.3 is 18.5 Å². The summed E-state index contributed by atoms with van der Waals surface area (Å²) in [5, 5.41) is 0. The molecule has 0 amide bonds. The molecule has 7 heteroatoms. The zero-order chi connectivity index (χ0) is 14.5. The quantitative estimate of drug-likeness (QED) is 0.555. The van der Waals surface area contributed by atoms with Crippen LogP contribution in [0.5, 0.6) is 17.2 Å². The number of ether oxygens (including phenoxy) is 2. The molecule has 1 rings (SSSR count). The van der Waals surface area contributed by atoms with Crippen LogP contribution >= 0.6 is 0 Å². The maximum Gasteiger partial charge on any atom is 0.310 e. The van der Waals surface area contributed by atoms with Gasteiger partial charge in [-0.1, -0.05) is 13.0 Å². The first kappa shape index (κ1) is 15.3. The fourth-order valence-electron chi connectivity index (χ4n) is 1.46. The molecule has 106 valence electrons. The Morgan fingerprint density at radius 2 is 1.84 bits per heavy atom. The smallest absolute Gasteiger partial charge is 0.310 e. The van der Waals surface area contributed by atoms with Crippen molar-refractivity contribution in [3.63, 3.8) is 0 Å². The molecular weight excluding hydrogens is 272 g/mol. The summed E-state index contributed by atoms with van der Waals surface area (Å²) in [7, 11) is -1.05. The molecule has 0 saturated carbocycles. The standard InChI is InChI=1S/C12H16O6S/c1-9(7-13)8-19(14,15)18-11-6-4-5-10(16-2)12(11)17-3/h4-7,9H,8H2,1-3H3/t9-/m0/s1. The van der Waals surface area contributed by atoms with Crippen molar-refractivity contribution in [2.24, 2.45) is 5.92 Å². The summed E-state index contributed by atoms with van der Waals surface area (Å²) < 4.78 is 38.6. The van der Waals surface area contributed by atoms with Crippen molar-refractivity contribution < 1.29 is 26.9 Å². The number of rotatable bonds is 7. The van der Waals surface area contributed by atoms with Crippen molar-refractivity contribution in [3.05, 3.63) is 18.2 Å². The molecule has 1 aromatic carbocycles. The Bertz CT molecular complexity index is 537. The molecule has 0 N–H and O–H groups in total. The molecule has 0 unspecified atom stereocenters. The Morgan fingerprint density at radius 3 is 2.37 bits per heavy atom. The maximum absolute atomic E-state index is 11.8. The van der Waals surface area contributed by atoms with Crippen LogP contribution in [0.25, 0.3) is 0 Å². The van der Waals surface area contributed by atoms with E-state index in [-0.39, 0.29) is 11.5 Å². The zero-order valence-electron chi connectivity index (χ0n) is 11.0. The molecule has 0 bridgehead atoms. The van der Waals surface area contributed by atoms with Gasteiger partial charge in [-0.25, -0.2) is 0 Å². The van der Waals surface area contributed by atoms with Crippen molar-refractivity contribution in [2.45, 2.75) is 6.92 Å². The molecule has 0 spiro atoms. The van der Waals surface area contributed by atoms with Crippen LogP contribution in [0.1, 0.15) is 6.92 Å². The average Bonchev–Trinajstić information content (AvgIpc) is 2.37. The van der Waals surface area contributed by atoms with Crippen LogP contribution in [0.3, 0.4) is 0 Å². The SMILES string of the molecule is COc1cccc(OS(=O)(=O)C[C@@H](C)C=O)c1OC. The van der Waals surface area contributed by atoms with E-state index in [0.29, 0.717) is 12.0 Å². The van der Waals surface area contributed by atoms with Gasteiger partial charge >= 0.3 is 10.1 Å². The van der Waals surface area contributed by atoms with E-state index in [1.807, 2.05) is 0 Å². The van der Waals surface area contributed by atoms with Crippen LogP contribution < -0.4 is 13.7 Å². The van der Waals surface area contributed by atoms with Gasteiger partial charge in [0.25, 0.3) is 0 Å². The van der Waals surface area contributed by atoms with E-state index in [1.54, 1.807) is 12.1 Å². The van der Waals surface area contributed by atoms with E-state index < -0.39 is 21.8 Å². The fraction of sp³-hybridized carbons (Fsp3) is 0.417. The van der Waals surface area contributed by atoms with Crippen molar-refractivity contribution in [1.29, 1.82) is 0 Å². The number of benzene rings is 1. The third-order valence-corrected chi connectivity index (χ3v) is 3.65. The molecule has 0 aliphatic rings. The number of carbonyl (C=O) groups is 1. The summed E-state index contributed by atoms with van der Waals surface area (Å²) in [4.78, 5) is 10.5. The second-order valence-electron chi connectivity index (χ2n) is 3.91. The van der Waals surface area contributed by atoms with Gasteiger partial charge in [0.2, 0.25) is 5.75 Å². The largest absolute Gasteiger partial charge is 0.493 e. The molecule has 0 aliphatic carbocycles. The number of carbonyl (C=O) groups excluding carboxylic acids is 1. The zero-order valence-corrected chi connectivity index (χ0v) is 11.8. The van der Waals surface area contributed by atoms with Crippen molar-refractivity contribution in [2.75, 3.05) is 20.0 Å². The number of aldehydes is 1. The first-order valence-corrected chi connectivity index (χ1v) is 7.09. The molecule has 6 nitrogen and oxygen atoms in total. The molecule has 1 aromatic rings. The Hall–Kier alpha value is -1.76. The van der Waals surface area contributed by atoms with Crippen LogP contribution in [-0.2, 0) is 14.9 Å². The van der Waals surface area contributed by atoms with E-state index in [2.05, 4.69) is 0 Å². The predicted molar refractivity (Wildman–Crippen MR) is 69.2 cm³/mol. The summed E-state index contributed by atoms with van der Waals surface area (Å²) >= 11 is 0. The van der Waals surface area contributed by atoms with Crippen LogP contribution in [0, 0.1) is 5.92 Å². The second-order valence-corrected chi connectivity index (χ2v) is 5.53. The normalized spacial score (nSPS) is 12.6. The van der Waals surface area contributed by atoms with Gasteiger partial charge in [-0.2, -0.15) is 8.42 Å². The molecule has 0 aliphatic heterocycles. The molecule has 0 radical (unpaired) electrons. The van der Waals surface area contributed by atoms with E-state index in [0.717, 1.165) is 0 Å². The van der Waals surface area contributed by atoms with E-state index in [9.17, 15) is 13.2 Å². The van der Waals surface area contributed by atoms with Gasteiger partial charge in [-0.15, -0.1) is 0 Å². The molecular formula is C12H16O6S. The summed E-state index contributed by atoms with van der Waals surface area (Å²) in [6.07, 6.45) is 0.559. The van der Waals surface area contributed by atoms with Gasteiger partial charge in [-0.05, 0) is 12.1 Å². The van der Waals surface area contributed by atoms with E-state index in [4.69, 9.17) is 13.7 Å². The third-order valence-electron chi connectivity index (χ3n) is 2.28. The van der Waals surface area contributed by atoms with Crippen LogP contribution in [0.4, 0.5) is 0 Å². The Kier molecular flexibility index (Phi) is 5.17. The minimum Gasteiger partial charge on any atom is -0.493 e. The highest BCUT2D eigenvalue weighted by atomic mass is 32.2. The molecule has 0 saturated heterocycles. The first-order chi connectivity index (χ1) is 8.93. The summed E-state index contributed by atoms with van der Waals surface area (Å²) in [5.74, 6) is -0.454. The molecule has 0 fully saturated rings. The summed E-state index contributed by atoms with van der Waals surface area (Å²) in [6.45, 7) is 1.50. The molecule has 19 heavy (non-hydrogen) atoms. The third kappa shape index (κ3) is 4.13. The van der Waals surface area contributed by atoms with Crippen molar-refractivity contribution in [3.8, 4) is 17.2 Å². The van der Waals surface area contributed by atoms with E-state index >= 15 is 0 Å². The van der Waals surface area contributed by atoms with E-state index in [1.165, 1.54) is 27.2 Å². The highest BCUT2D eigenvalue weighted by Gasteiger charge is 2.21. The molecule has 0 aromatic heterocycles. The molecule has 0 heterocycles. The number of hydrogen-bond acceptors (Lipinski definition) is 6. The summed E-state index contributed by atoms with van der Waals surface area (Å²) in [6, 6.07) is 4.65. The Balaban J connectivity index is 3.02. The predicted octanol–water partition coefficient (Wildman–Crippen LogP) is 1.25. The van der Waals surface area contributed by atoms with Crippen LogP contribution in [0.15, 0.2) is 18.2 Å². The van der Waals surface area contributed by atoms with Crippen molar-refractivity contribution in [1.82, 2.24) is 0 Å². The number of hydrogen-bond donors (Lipinski definition) is 0. The lowest BCUT2D eigenvalue weighted by molar-refractivity contribution is -0.110. The topological polar surface area (TPSA) is 78.9 Å². The first-order valence-electron chi connectivity index (χ1n) is 5.52. The highest BCUT2D eigenvalue weighted by Crippen LogP contribution is 2.37. The lowest BCUT2D eigenvalue weighted by Gasteiger charge is -2.13.